The Morgan fingerprint density at radius 1 is 0.974 bits per heavy atom. The fourth-order valence-electron chi connectivity index (χ4n) is 7.48. The number of aliphatic hydroxyl groups is 2. The largest absolute Gasteiger partial charge is 0.462 e. The summed E-state index contributed by atoms with van der Waals surface area (Å²) in [6, 6.07) is 9.23. The third-order valence-corrected chi connectivity index (χ3v) is 9.10. The van der Waals surface area contributed by atoms with E-state index in [0.29, 0.717) is 0 Å². The Bertz CT molecular complexity index is 1130. The topological polar surface area (TPSA) is 141 Å². The Hall–Kier alpha value is -2.53. The van der Waals surface area contributed by atoms with E-state index in [1.807, 2.05) is 44.2 Å². The highest BCUT2D eigenvalue weighted by atomic mass is 16.7. The van der Waals surface area contributed by atoms with Crippen molar-refractivity contribution in [2.24, 2.45) is 11.3 Å². The average molecular weight is 533 g/mol. The van der Waals surface area contributed by atoms with Crippen molar-refractivity contribution in [3.05, 3.63) is 35.9 Å². The van der Waals surface area contributed by atoms with Crippen LogP contribution in [0.1, 0.15) is 66.1 Å². The molecule has 0 radical (unpaired) electrons. The number of rotatable bonds is 5. The maximum atomic E-state index is 13.4. The molecule has 2 aliphatic carbocycles. The van der Waals surface area contributed by atoms with E-state index in [-0.39, 0.29) is 12.8 Å². The molecule has 2 N–H and O–H groups in total. The quantitative estimate of drug-likeness (QED) is 0.329. The lowest BCUT2D eigenvalue weighted by atomic mass is 9.47. The lowest BCUT2D eigenvalue weighted by molar-refractivity contribution is -0.345. The van der Waals surface area contributed by atoms with Gasteiger partial charge in [0.15, 0.2) is 12.2 Å². The minimum absolute atomic E-state index is 0.180. The van der Waals surface area contributed by atoms with Gasteiger partial charge in [-0.05, 0) is 39.7 Å². The molecule has 4 fully saturated rings. The number of hydrogen-bond donors (Lipinski definition) is 2. The van der Waals surface area contributed by atoms with Crippen molar-refractivity contribution in [1.29, 1.82) is 0 Å². The van der Waals surface area contributed by atoms with Crippen molar-refractivity contribution in [2.75, 3.05) is 0 Å². The smallest absolute Gasteiger partial charge is 0.338 e. The minimum atomic E-state index is -1.75. The summed E-state index contributed by atoms with van der Waals surface area (Å²) in [5, 5.41) is 23.6. The molecule has 5 rings (SSSR count). The summed E-state index contributed by atoms with van der Waals surface area (Å²) in [4.78, 5) is 37.9. The first-order chi connectivity index (χ1) is 17.7. The molecule has 10 heteroatoms. The van der Waals surface area contributed by atoms with Crippen LogP contribution in [0.2, 0.25) is 0 Å². The van der Waals surface area contributed by atoms with Crippen LogP contribution < -0.4 is 0 Å². The molecule has 4 aliphatic rings. The van der Waals surface area contributed by atoms with Gasteiger partial charge in [0.05, 0.1) is 22.7 Å². The third-order valence-electron chi connectivity index (χ3n) is 9.10. The van der Waals surface area contributed by atoms with Crippen LogP contribution in [0.3, 0.4) is 0 Å². The molecular weight excluding hydrogens is 496 g/mol. The highest BCUT2D eigenvalue weighted by Gasteiger charge is 2.83. The molecular formula is C28H36O10. The van der Waals surface area contributed by atoms with Crippen LogP contribution in [0, 0.1) is 11.3 Å². The summed E-state index contributed by atoms with van der Waals surface area (Å²) in [5.74, 6) is -2.38. The van der Waals surface area contributed by atoms with Crippen molar-refractivity contribution in [1.82, 2.24) is 0 Å². The predicted octanol–water partition coefficient (Wildman–Crippen LogP) is 1.99. The molecule has 0 unspecified atom stereocenters. The number of benzene rings is 1. The number of esters is 3. The fraction of sp³-hybridized carbons (Fsp3) is 0.679. The second kappa shape index (κ2) is 8.74. The zero-order chi connectivity index (χ0) is 27.8. The number of fused-ring (bicyclic) bond motifs is 1. The molecule has 1 aromatic carbocycles. The Balaban J connectivity index is 1.58. The van der Waals surface area contributed by atoms with Gasteiger partial charge in [0.1, 0.15) is 23.9 Å². The van der Waals surface area contributed by atoms with Crippen molar-refractivity contribution in [3.8, 4) is 0 Å². The van der Waals surface area contributed by atoms with Crippen LogP contribution >= 0.6 is 0 Å². The van der Waals surface area contributed by atoms with Gasteiger partial charge in [-0.15, -0.1) is 0 Å². The highest BCUT2D eigenvalue weighted by molar-refractivity contribution is 5.79. The van der Waals surface area contributed by atoms with Gasteiger partial charge in [0.2, 0.25) is 0 Å². The highest BCUT2D eigenvalue weighted by Crippen LogP contribution is 2.68. The lowest BCUT2D eigenvalue weighted by Crippen LogP contribution is -2.81. The molecule has 1 aromatic rings. The normalized spacial score (nSPS) is 44.5. The van der Waals surface area contributed by atoms with E-state index >= 15 is 0 Å². The van der Waals surface area contributed by atoms with Gasteiger partial charge in [0.25, 0.3) is 0 Å². The molecule has 0 amide bonds. The summed E-state index contributed by atoms with van der Waals surface area (Å²) < 4.78 is 29.7. The van der Waals surface area contributed by atoms with E-state index in [1.165, 1.54) is 20.8 Å². The van der Waals surface area contributed by atoms with E-state index in [1.54, 1.807) is 6.92 Å². The maximum absolute atomic E-state index is 13.4. The van der Waals surface area contributed by atoms with Crippen molar-refractivity contribution in [3.63, 3.8) is 0 Å². The van der Waals surface area contributed by atoms with Crippen LogP contribution in [0.5, 0.6) is 0 Å². The minimum Gasteiger partial charge on any atom is -0.462 e. The van der Waals surface area contributed by atoms with E-state index in [9.17, 15) is 24.6 Å². The summed E-state index contributed by atoms with van der Waals surface area (Å²) in [5.41, 5.74) is -5.05. The van der Waals surface area contributed by atoms with Crippen molar-refractivity contribution >= 4 is 17.9 Å². The third kappa shape index (κ3) is 3.79. The molecule has 0 aromatic heterocycles. The van der Waals surface area contributed by atoms with E-state index < -0.39 is 82.7 Å². The molecule has 2 heterocycles. The Kier molecular flexibility index (Phi) is 6.22. The molecule has 2 aliphatic heterocycles. The van der Waals surface area contributed by atoms with Crippen molar-refractivity contribution in [2.45, 2.75) is 108 Å². The van der Waals surface area contributed by atoms with E-state index in [2.05, 4.69) is 0 Å². The number of carbonyl (C=O) groups is 3. The molecule has 2 bridgehead atoms. The Morgan fingerprint density at radius 3 is 2.21 bits per heavy atom. The van der Waals surface area contributed by atoms with Crippen LogP contribution in [-0.4, -0.2) is 75.4 Å². The van der Waals surface area contributed by atoms with Gasteiger partial charge >= 0.3 is 17.9 Å². The zero-order valence-electron chi connectivity index (χ0n) is 22.5. The van der Waals surface area contributed by atoms with Gasteiger partial charge in [-0.1, -0.05) is 30.3 Å². The first-order valence-electron chi connectivity index (χ1n) is 13.0. The number of ether oxygens (including phenoxy) is 5. The van der Waals surface area contributed by atoms with Crippen LogP contribution in [0.25, 0.3) is 0 Å². The summed E-state index contributed by atoms with van der Waals surface area (Å²) >= 11 is 0. The number of hydrogen-bond acceptors (Lipinski definition) is 10. The molecule has 10 nitrogen and oxygen atoms in total. The van der Waals surface area contributed by atoms with Gasteiger partial charge in [-0.3, -0.25) is 9.59 Å². The van der Waals surface area contributed by atoms with Gasteiger partial charge < -0.3 is 33.9 Å². The molecule has 2 saturated heterocycles. The molecule has 208 valence electrons. The second-order valence-corrected chi connectivity index (χ2v) is 12.0. The Labute approximate surface area is 221 Å². The summed E-state index contributed by atoms with van der Waals surface area (Å²) in [6.07, 6.45) is -5.81. The average Bonchev–Trinajstić information content (AvgIpc) is 3.58. The number of carbonyl (C=O) groups excluding carboxylic acids is 3. The summed E-state index contributed by atoms with van der Waals surface area (Å²) in [6.45, 7) is 9.27. The first-order valence-corrected chi connectivity index (χ1v) is 13.0. The summed E-state index contributed by atoms with van der Waals surface area (Å²) in [7, 11) is 0. The Morgan fingerprint density at radius 2 is 1.61 bits per heavy atom. The van der Waals surface area contributed by atoms with Gasteiger partial charge in [-0.2, -0.15) is 0 Å². The number of epoxide rings is 1. The second-order valence-electron chi connectivity index (χ2n) is 12.0. The lowest BCUT2D eigenvalue weighted by Gasteiger charge is -2.65. The van der Waals surface area contributed by atoms with Gasteiger partial charge in [-0.25, -0.2) is 4.79 Å². The van der Waals surface area contributed by atoms with Crippen LogP contribution in [0.4, 0.5) is 0 Å². The molecule has 10 atom stereocenters. The maximum Gasteiger partial charge on any atom is 0.338 e. The zero-order valence-corrected chi connectivity index (χ0v) is 22.5. The SMILES string of the molecule is CC(=O)O[C@H]1C[C@H]2[C@@H](O)[C@]3(OC2(C)C)[C@]1(C)[C@@H](OC(=O)[C@@H]1O[C@H]1c1ccccc1)[C@H](OC(C)=O)C[C@]3(C)O. The first kappa shape index (κ1) is 27.1. The van der Waals surface area contributed by atoms with Crippen LogP contribution in [-0.2, 0) is 38.1 Å². The molecule has 38 heavy (non-hydrogen) atoms. The molecule has 1 spiro atoms. The number of aliphatic hydroxyl groups excluding tert-OH is 1. The van der Waals surface area contributed by atoms with Crippen molar-refractivity contribution < 1.29 is 48.3 Å². The standard InChI is InChI=1S/C28H36O10/c1-14(29)34-18-13-26(5,33)28-22(31)17(25(3,4)38-28)12-19(35-15(2)30)27(28,6)23(18)37-24(32)21-20(36-21)16-10-8-7-9-11-16/h7-11,17-23,31,33H,12-13H2,1-6H3/t17-,18+,19-,20-,21+,22+,23-,26-,27-,28+/m0/s1. The van der Waals surface area contributed by atoms with Gasteiger partial charge in [0, 0.05) is 26.2 Å². The van der Waals surface area contributed by atoms with Crippen LogP contribution in [0.15, 0.2) is 30.3 Å². The van der Waals surface area contributed by atoms with E-state index in [4.69, 9.17) is 23.7 Å². The monoisotopic (exact) mass is 532 g/mol. The molecule has 2 saturated carbocycles. The van der Waals surface area contributed by atoms with E-state index in [0.717, 1.165) is 5.56 Å². The fourth-order valence-corrected chi connectivity index (χ4v) is 7.48. The predicted molar refractivity (Wildman–Crippen MR) is 130 cm³/mol.